The molecule has 36 valence electrons. The van der Waals surface area contributed by atoms with Gasteiger partial charge in [0.25, 0.3) is 0 Å². The summed E-state index contributed by atoms with van der Waals surface area (Å²) >= 11 is 0.275. The first-order valence-electron chi connectivity index (χ1n) is 1.15. The summed E-state index contributed by atoms with van der Waals surface area (Å²) in [5.41, 5.74) is 0. The van der Waals surface area contributed by atoms with Crippen molar-refractivity contribution < 1.29 is 0 Å². The third-order valence-electron chi connectivity index (χ3n) is 0.219. The van der Waals surface area contributed by atoms with Gasteiger partial charge in [-0.05, 0) is 0 Å². The van der Waals surface area contributed by atoms with Crippen molar-refractivity contribution in [1.82, 2.24) is 0 Å². The molecule has 6 heteroatoms. The molecule has 0 atom stereocenters. The SMILES string of the molecule is S1[S][SbH][S][SbH][S]1. The van der Waals surface area contributed by atoms with Crippen molar-refractivity contribution >= 4 is 69.2 Å². The van der Waals surface area contributed by atoms with Gasteiger partial charge < -0.3 is 0 Å². The van der Waals surface area contributed by atoms with Gasteiger partial charge in [0.2, 0.25) is 0 Å². The summed E-state index contributed by atoms with van der Waals surface area (Å²) in [4.78, 5) is 0. The summed E-state index contributed by atoms with van der Waals surface area (Å²) in [5, 5.41) is 0. The van der Waals surface area contributed by atoms with E-state index in [4.69, 9.17) is 0 Å². The van der Waals surface area contributed by atoms with E-state index in [0.29, 0.717) is 0 Å². The molecule has 0 radical (unpaired) electrons. The van der Waals surface area contributed by atoms with Crippen LogP contribution in [0.25, 0.3) is 0 Å². The van der Waals surface area contributed by atoms with Gasteiger partial charge in [-0.1, -0.05) is 0 Å². The molecule has 1 saturated heterocycles. The molecule has 1 aliphatic heterocycles. The first-order chi connectivity index (χ1) is 3.00. The zero-order chi connectivity index (χ0) is 4.24. The minimum absolute atomic E-state index is 0.137. The number of hydrogen-bond acceptors (Lipinski definition) is 4. The van der Waals surface area contributed by atoms with Crippen LogP contribution < -0.4 is 0 Å². The van der Waals surface area contributed by atoms with Gasteiger partial charge >= 0.3 is 69.2 Å². The van der Waals surface area contributed by atoms with Gasteiger partial charge in [-0.25, -0.2) is 0 Å². The summed E-state index contributed by atoms with van der Waals surface area (Å²) in [6.07, 6.45) is 0. The first-order valence-corrected chi connectivity index (χ1v) is 19.4. The third-order valence-corrected chi connectivity index (χ3v) is 58.4. The zero-order valence-corrected chi connectivity index (χ0v) is 11.6. The van der Waals surface area contributed by atoms with Gasteiger partial charge in [0.1, 0.15) is 0 Å². The van der Waals surface area contributed by atoms with Crippen LogP contribution in [-0.2, 0) is 0 Å². The van der Waals surface area contributed by atoms with Crippen LogP contribution >= 0.6 is 31.5 Å². The topological polar surface area (TPSA) is 0 Å². The first kappa shape index (κ1) is 7.15. The van der Waals surface area contributed by atoms with Gasteiger partial charge in [-0.3, -0.25) is 0 Å². The third kappa shape index (κ3) is 3.14. The van der Waals surface area contributed by atoms with Crippen molar-refractivity contribution in [2.24, 2.45) is 0 Å². The molecular weight excluding hydrogens is 372 g/mol. The summed E-state index contributed by atoms with van der Waals surface area (Å²) in [6, 6.07) is 0. The Morgan fingerprint density at radius 1 is 1.00 bits per heavy atom. The normalized spacial score (nSPS) is 24.0. The van der Waals surface area contributed by atoms with E-state index in [9.17, 15) is 0 Å². The molecule has 0 saturated carbocycles. The molecule has 0 nitrogen and oxygen atoms in total. The molecule has 0 aromatic heterocycles. The van der Waals surface area contributed by atoms with E-state index in [-0.39, 0.29) is 37.6 Å². The summed E-state index contributed by atoms with van der Waals surface area (Å²) in [6.45, 7) is 0. The van der Waals surface area contributed by atoms with E-state index >= 15 is 0 Å². The van der Waals surface area contributed by atoms with Crippen molar-refractivity contribution in [1.29, 1.82) is 0 Å². The van der Waals surface area contributed by atoms with Gasteiger partial charge in [0.05, 0.1) is 0 Å². The quantitative estimate of drug-likeness (QED) is 0.463. The van der Waals surface area contributed by atoms with Crippen LogP contribution in [0.15, 0.2) is 0 Å². The summed E-state index contributed by atoms with van der Waals surface area (Å²) in [5.74, 6) is 2.34. The standard InChI is InChI=1S/H2S3.S.2Sb.2H/c1-3-2;;;;;/h1-2H;;;;;/q;;2*+1;;/p-2. The average Bonchev–Trinajstić information content (AvgIpc) is 1.72. The van der Waals surface area contributed by atoms with Crippen LogP contribution in [0.5, 0.6) is 0 Å². The van der Waals surface area contributed by atoms with Crippen LogP contribution in [0.1, 0.15) is 0 Å². The maximum atomic E-state index is 2.34. The average molecular weight is 374 g/mol. The zero-order valence-electron chi connectivity index (χ0n) is 2.63. The summed E-state index contributed by atoms with van der Waals surface area (Å²) < 4.78 is 0. The molecule has 1 heterocycles. The van der Waals surface area contributed by atoms with E-state index < -0.39 is 0 Å². The molecule has 1 aliphatic rings. The molecule has 0 N–H and O–H groups in total. The molecule has 0 aliphatic carbocycles. The van der Waals surface area contributed by atoms with E-state index in [2.05, 4.69) is 31.5 Å². The fourth-order valence-electron chi connectivity index (χ4n) is 0.0958. The molecule has 0 unspecified atom stereocenters. The van der Waals surface area contributed by atoms with Crippen LogP contribution in [0.3, 0.4) is 0 Å². The fraction of sp³-hybridized carbons (Fsp3) is 0. The second-order valence-electron chi connectivity index (χ2n) is 0.503. The van der Waals surface area contributed by atoms with E-state index in [1.807, 2.05) is 0 Å². The molecule has 0 bridgehead atoms. The van der Waals surface area contributed by atoms with Crippen molar-refractivity contribution in [3.05, 3.63) is 0 Å². The van der Waals surface area contributed by atoms with Crippen molar-refractivity contribution in [3.63, 3.8) is 0 Å². The molecular formula is H2S4Sb2. The van der Waals surface area contributed by atoms with Gasteiger partial charge in [0, 0.05) is 0 Å². The minimum atomic E-state index is 0.137. The van der Waals surface area contributed by atoms with Gasteiger partial charge in [-0.2, -0.15) is 0 Å². The van der Waals surface area contributed by atoms with E-state index in [1.165, 1.54) is 0 Å². The molecule has 0 aromatic carbocycles. The van der Waals surface area contributed by atoms with Crippen molar-refractivity contribution in [3.8, 4) is 0 Å². The van der Waals surface area contributed by atoms with Crippen molar-refractivity contribution in [2.45, 2.75) is 0 Å². The maximum absolute atomic E-state index is 2.34. The van der Waals surface area contributed by atoms with E-state index in [1.54, 1.807) is 0 Å². The fourth-order valence-corrected chi connectivity index (χ4v) is 97.8. The second-order valence-corrected chi connectivity index (χ2v) is 35.7. The summed E-state index contributed by atoms with van der Waals surface area (Å²) in [7, 11) is 6.36. The monoisotopic (exact) mass is 372 g/mol. The van der Waals surface area contributed by atoms with Crippen LogP contribution in [-0.4, -0.2) is 37.6 Å². The Kier molecular flexibility index (Phi) is 5.80. The predicted molar refractivity (Wildman–Crippen MR) is 44.7 cm³/mol. The van der Waals surface area contributed by atoms with Crippen LogP contribution in [0.2, 0.25) is 0 Å². The Labute approximate surface area is 67.6 Å². The molecule has 1 fully saturated rings. The Morgan fingerprint density at radius 2 is 1.67 bits per heavy atom. The van der Waals surface area contributed by atoms with E-state index in [0.717, 1.165) is 0 Å². The van der Waals surface area contributed by atoms with Crippen LogP contribution in [0, 0.1) is 0 Å². The number of hydrogen-bond donors (Lipinski definition) is 0. The van der Waals surface area contributed by atoms with Crippen molar-refractivity contribution in [2.75, 3.05) is 0 Å². The molecule has 1 rings (SSSR count). The molecule has 6 heavy (non-hydrogen) atoms. The van der Waals surface area contributed by atoms with Crippen LogP contribution in [0.4, 0.5) is 0 Å². The molecule has 0 amide bonds. The Hall–Kier alpha value is 3.04. The second kappa shape index (κ2) is 4.87. The Bertz CT molecular complexity index is 21.0. The number of rotatable bonds is 0. The Morgan fingerprint density at radius 3 is 1.83 bits per heavy atom. The molecule has 0 aromatic rings. The Balaban J connectivity index is 2.00. The molecule has 0 spiro atoms. The van der Waals surface area contributed by atoms with Gasteiger partial charge in [-0.15, -0.1) is 0 Å². The predicted octanol–water partition coefficient (Wildman–Crippen LogP) is 1.30. The van der Waals surface area contributed by atoms with Gasteiger partial charge in [0.15, 0.2) is 0 Å².